The average Bonchev–Trinajstić information content (AvgIpc) is 3.03. The summed E-state index contributed by atoms with van der Waals surface area (Å²) in [5.41, 5.74) is 2.32. The number of benzene rings is 2. The first-order valence-corrected chi connectivity index (χ1v) is 8.25. The van der Waals surface area contributed by atoms with E-state index < -0.39 is 4.92 Å². The molecule has 3 rings (SSSR count). The van der Waals surface area contributed by atoms with Crippen LogP contribution in [0.15, 0.2) is 42.5 Å². The van der Waals surface area contributed by atoms with Crippen LogP contribution in [-0.2, 0) is 0 Å². The van der Waals surface area contributed by atoms with Crippen LogP contribution in [0.1, 0.15) is 10.6 Å². The van der Waals surface area contributed by atoms with Crippen molar-refractivity contribution in [1.29, 1.82) is 5.26 Å². The molecule has 25 heavy (non-hydrogen) atoms. The molecule has 6 nitrogen and oxygen atoms in total. The molecule has 1 aromatic heterocycles. The molecule has 0 fully saturated rings. The standard InChI is InChI=1S/C18H14N4O2S/c1-21(2)15-8-7-12(10-16(15)22(23)24)9-13(11-19)18-20-14-5-3-4-6-17(14)25-18/h3-10H,1-2H3/b13-9+. The Morgan fingerprint density at radius 2 is 2.08 bits per heavy atom. The fourth-order valence-electron chi connectivity index (χ4n) is 2.45. The van der Waals surface area contributed by atoms with Gasteiger partial charge in [-0.2, -0.15) is 5.26 Å². The summed E-state index contributed by atoms with van der Waals surface area (Å²) in [5, 5.41) is 21.4. The van der Waals surface area contributed by atoms with Gasteiger partial charge in [0.15, 0.2) is 0 Å². The molecule has 124 valence electrons. The molecular weight excluding hydrogens is 336 g/mol. The second kappa shape index (κ2) is 6.71. The van der Waals surface area contributed by atoms with Crippen molar-refractivity contribution in [1.82, 2.24) is 4.98 Å². The van der Waals surface area contributed by atoms with Gasteiger partial charge < -0.3 is 4.90 Å². The number of anilines is 1. The maximum atomic E-state index is 11.3. The molecule has 0 aliphatic carbocycles. The van der Waals surface area contributed by atoms with Crippen molar-refractivity contribution in [2.24, 2.45) is 0 Å². The first-order chi connectivity index (χ1) is 12.0. The molecule has 0 atom stereocenters. The van der Waals surface area contributed by atoms with Crippen LogP contribution in [0.25, 0.3) is 21.9 Å². The third-order valence-electron chi connectivity index (χ3n) is 3.63. The lowest BCUT2D eigenvalue weighted by molar-refractivity contribution is -0.384. The van der Waals surface area contributed by atoms with Crippen LogP contribution in [-0.4, -0.2) is 24.0 Å². The molecule has 0 saturated carbocycles. The number of para-hydroxylation sites is 1. The van der Waals surface area contributed by atoms with Crippen LogP contribution < -0.4 is 4.90 Å². The lowest BCUT2D eigenvalue weighted by atomic mass is 10.1. The number of rotatable bonds is 4. The Bertz CT molecular complexity index is 998. The molecular formula is C18H14N4O2S. The Balaban J connectivity index is 2.07. The molecule has 1 heterocycles. The van der Waals surface area contributed by atoms with E-state index in [1.807, 2.05) is 24.3 Å². The molecule has 0 amide bonds. The normalized spacial score (nSPS) is 11.3. The van der Waals surface area contributed by atoms with Gasteiger partial charge in [0.1, 0.15) is 16.8 Å². The first-order valence-electron chi connectivity index (χ1n) is 7.43. The van der Waals surface area contributed by atoms with Gasteiger partial charge in [-0.1, -0.05) is 18.2 Å². The lowest BCUT2D eigenvalue weighted by Gasteiger charge is -2.12. The highest BCUT2D eigenvalue weighted by Crippen LogP contribution is 2.31. The summed E-state index contributed by atoms with van der Waals surface area (Å²) in [5.74, 6) is 0. The predicted octanol–water partition coefficient (Wildman–Crippen LogP) is 4.33. The van der Waals surface area contributed by atoms with Crippen molar-refractivity contribution >= 4 is 44.6 Å². The minimum Gasteiger partial charge on any atom is -0.372 e. The van der Waals surface area contributed by atoms with E-state index in [0.29, 0.717) is 21.8 Å². The highest BCUT2D eigenvalue weighted by atomic mass is 32.1. The van der Waals surface area contributed by atoms with E-state index in [-0.39, 0.29) is 5.69 Å². The molecule has 0 radical (unpaired) electrons. The molecule has 0 aliphatic heterocycles. The number of aromatic nitrogens is 1. The molecule has 0 unspecified atom stereocenters. The maximum Gasteiger partial charge on any atom is 0.293 e. The van der Waals surface area contributed by atoms with E-state index in [2.05, 4.69) is 11.1 Å². The summed E-state index contributed by atoms with van der Waals surface area (Å²) >= 11 is 1.42. The third kappa shape index (κ3) is 3.34. The van der Waals surface area contributed by atoms with Crippen molar-refractivity contribution in [2.45, 2.75) is 0 Å². The van der Waals surface area contributed by atoms with Gasteiger partial charge in [0, 0.05) is 20.2 Å². The minimum absolute atomic E-state index is 0.000315. The molecule has 0 N–H and O–H groups in total. The van der Waals surface area contributed by atoms with Crippen molar-refractivity contribution in [3.63, 3.8) is 0 Å². The van der Waals surface area contributed by atoms with E-state index in [1.165, 1.54) is 17.4 Å². The molecule has 0 spiro atoms. The summed E-state index contributed by atoms with van der Waals surface area (Å²) in [6.45, 7) is 0. The van der Waals surface area contributed by atoms with Crippen LogP contribution >= 0.6 is 11.3 Å². The Hall–Kier alpha value is -3.24. The van der Waals surface area contributed by atoms with Gasteiger partial charge >= 0.3 is 0 Å². The van der Waals surface area contributed by atoms with Crippen molar-refractivity contribution in [3.8, 4) is 6.07 Å². The van der Waals surface area contributed by atoms with E-state index in [4.69, 9.17) is 0 Å². The van der Waals surface area contributed by atoms with E-state index in [1.54, 1.807) is 37.2 Å². The number of hydrogen-bond donors (Lipinski definition) is 0. The van der Waals surface area contributed by atoms with Crippen LogP contribution in [0.5, 0.6) is 0 Å². The summed E-state index contributed by atoms with van der Waals surface area (Å²) in [6.07, 6.45) is 1.63. The van der Waals surface area contributed by atoms with Crippen LogP contribution in [0, 0.1) is 21.4 Å². The van der Waals surface area contributed by atoms with E-state index >= 15 is 0 Å². The zero-order valence-corrected chi connectivity index (χ0v) is 14.4. The quantitative estimate of drug-likeness (QED) is 0.397. The summed E-state index contributed by atoms with van der Waals surface area (Å²) < 4.78 is 0.993. The minimum atomic E-state index is -0.420. The van der Waals surface area contributed by atoms with Crippen molar-refractivity contribution < 1.29 is 4.92 Å². The monoisotopic (exact) mass is 350 g/mol. The van der Waals surface area contributed by atoms with Crippen LogP contribution in [0.2, 0.25) is 0 Å². The predicted molar refractivity (Wildman–Crippen MR) is 101 cm³/mol. The molecule has 2 aromatic carbocycles. The highest BCUT2D eigenvalue weighted by molar-refractivity contribution is 7.19. The second-order valence-corrected chi connectivity index (χ2v) is 6.59. The van der Waals surface area contributed by atoms with Crippen molar-refractivity contribution in [3.05, 3.63) is 63.1 Å². The number of nitro groups is 1. The Kier molecular flexibility index (Phi) is 4.46. The van der Waals surface area contributed by atoms with Gasteiger partial charge in [0.05, 0.1) is 20.7 Å². The Morgan fingerprint density at radius 1 is 1.32 bits per heavy atom. The topological polar surface area (TPSA) is 83.1 Å². The largest absolute Gasteiger partial charge is 0.372 e. The van der Waals surface area contributed by atoms with E-state index in [9.17, 15) is 15.4 Å². The summed E-state index contributed by atoms with van der Waals surface area (Å²) in [4.78, 5) is 17.0. The summed E-state index contributed by atoms with van der Waals surface area (Å²) in [6, 6.07) is 14.7. The second-order valence-electron chi connectivity index (χ2n) is 5.56. The van der Waals surface area contributed by atoms with Gasteiger partial charge in [-0.25, -0.2) is 4.98 Å². The van der Waals surface area contributed by atoms with Gasteiger partial charge in [-0.05, 0) is 29.8 Å². The number of nitriles is 1. The molecule has 0 bridgehead atoms. The Labute approximate surface area is 148 Å². The maximum absolute atomic E-state index is 11.3. The average molecular weight is 350 g/mol. The third-order valence-corrected chi connectivity index (χ3v) is 4.70. The fraction of sp³-hybridized carbons (Fsp3) is 0.111. The lowest BCUT2D eigenvalue weighted by Crippen LogP contribution is -2.10. The fourth-order valence-corrected chi connectivity index (χ4v) is 3.38. The van der Waals surface area contributed by atoms with Gasteiger partial charge in [-0.15, -0.1) is 11.3 Å². The molecule has 0 aliphatic rings. The van der Waals surface area contributed by atoms with Gasteiger partial charge in [0.2, 0.25) is 0 Å². The first kappa shape index (κ1) is 16.6. The van der Waals surface area contributed by atoms with Crippen LogP contribution in [0.4, 0.5) is 11.4 Å². The Morgan fingerprint density at radius 3 is 2.72 bits per heavy atom. The van der Waals surface area contributed by atoms with E-state index in [0.717, 1.165) is 10.2 Å². The number of thiazole rings is 1. The molecule has 0 saturated heterocycles. The number of hydrogen-bond acceptors (Lipinski definition) is 6. The zero-order valence-electron chi connectivity index (χ0n) is 13.6. The van der Waals surface area contributed by atoms with Gasteiger partial charge in [0.25, 0.3) is 5.69 Å². The zero-order chi connectivity index (χ0) is 18.0. The van der Waals surface area contributed by atoms with Crippen molar-refractivity contribution in [2.75, 3.05) is 19.0 Å². The molecule has 7 heteroatoms. The summed E-state index contributed by atoms with van der Waals surface area (Å²) in [7, 11) is 3.50. The smallest absolute Gasteiger partial charge is 0.293 e. The van der Waals surface area contributed by atoms with Gasteiger partial charge in [-0.3, -0.25) is 10.1 Å². The number of allylic oxidation sites excluding steroid dienone is 1. The van der Waals surface area contributed by atoms with Crippen LogP contribution in [0.3, 0.4) is 0 Å². The number of nitrogens with zero attached hydrogens (tertiary/aromatic N) is 4. The number of nitro benzene ring substituents is 1. The number of fused-ring (bicyclic) bond motifs is 1. The molecule has 3 aromatic rings. The highest BCUT2D eigenvalue weighted by Gasteiger charge is 2.16. The SMILES string of the molecule is CN(C)c1ccc(/C=C(\C#N)c2nc3ccccc3s2)cc1[N+](=O)[O-].